The Balaban J connectivity index is 1.96. The number of rotatable bonds is 3. The summed E-state index contributed by atoms with van der Waals surface area (Å²) in [4.78, 5) is 2.38. The Bertz CT molecular complexity index is 337. The molecule has 0 saturated carbocycles. The van der Waals surface area contributed by atoms with Crippen molar-refractivity contribution in [1.29, 1.82) is 0 Å². The molecule has 0 radical (unpaired) electrons. The number of anilines is 1. The minimum Gasteiger partial charge on any atom is -0.366 e. The molecule has 1 saturated heterocycles. The van der Waals surface area contributed by atoms with Crippen LogP contribution in [-0.2, 0) is 6.42 Å². The standard InChI is InChI=1S/C12H22N4/c1-4-11-9(2)12(15-14-11)13-10-5-7-16(3)8-6-10/h10H,4-8H2,1-3H3,(H2,13,14,15). The quantitative estimate of drug-likeness (QED) is 0.819. The molecule has 0 amide bonds. The van der Waals surface area contributed by atoms with Crippen molar-refractivity contribution < 1.29 is 0 Å². The number of aromatic amines is 1. The summed E-state index contributed by atoms with van der Waals surface area (Å²) in [6.07, 6.45) is 3.45. The van der Waals surface area contributed by atoms with Crippen molar-refractivity contribution in [2.24, 2.45) is 0 Å². The molecule has 0 aromatic carbocycles. The monoisotopic (exact) mass is 222 g/mol. The lowest BCUT2D eigenvalue weighted by Crippen LogP contribution is -2.36. The molecule has 1 aromatic rings. The third-order valence-electron chi connectivity index (χ3n) is 3.52. The van der Waals surface area contributed by atoms with Crippen molar-refractivity contribution in [3.05, 3.63) is 11.3 Å². The summed E-state index contributed by atoms with van der Waals surface area (Å²) < 4.78 is 0. The summed E-state index contributed by atoms with van der Waals surface area (Å²) in [5.74, 6) is 1.05. The Morgan fingerprint density at radius 2 is 2.12 bits per heavy atom. The van der Waals surface area contributed by atoms with Crippen molar-refractivity contribution in [3.8, 4) is 0 Å². The molecule has 2 heterocycles. The van der Waals surface area contributed by atoms with Crippen molar-refractivity contribution in [2.45, 2.75) is 39.2 Å². The van der Waals surface area contributed by atoms with Gasteiger partial charge in [0.05, 0.1) is 0 Å². The SMILES string of the molecule is CCc1[nH]nc(NC2CCN(C)CC2)c1C. The maximum Gasteiger partial charge on any atom is 0.151 e. The summed E-state index contributed by atoms with van der Waals surface area (Å²) in [6.45, 7) is 6.66. The molecule has 1 fully saturated rings. The van der Waals surface area contributed by atoms with E-state index in [2.05, 4.69) is 41.3 Å². The molecule has 0 unspecified atom stereocenters. The van der Waals surface area contributed by atoms with E-state index < -0.39 is 0 Å². The number of hydrogen-bond acceptors (Lipinski definition) is 3. The van der Waals surface area contributed by atoms with Gasteiger partial charge in [0, 0.05) is 17.3 Å². The summed E-state index contributed by atoms with van der Waals surface area (Å²) in [7, 11) is 2.19. The zero-order chi connectivity index (χ0) is 11.5. The van der Waals surface area contributed by atoms with E-state index in [1.165, 1.54) is 37.2 Å². The van der Waals surface area contributed by atoms with Crippen LogP contribution in [0.2, 0.25) is 0 Å². The smallest absolute Gasteiger partial charge is 0.151 e. The Labute approximate surface area is 97.4 Å². The van der Waals surface area contributed by atoms with Crippen LogP contribution in [0.25, 0.3) is 0 Å². The van der Waals surface area contributed by atoms with Gasteiger partial charge in [0.1, 0.15) is 0 Å². The van der Waals surface area contributed by atoms with Gasteiger partial charge in [-0.1, -0.05) is 6.92 Å². The molecule has 1 aromatic heterocycles. The summed E-state index contributed by atoms with van der Waals surface area (Å²) in [6, 6.07) is 0.586. The molecule has 0 bridgehead atoms. The molecule has 1 aliphatic heterocycles. The van der Waals surface area contributed by atoms with Crippen molar-refractivity contribution >= 4 is 5.82 Å². The molecule has 0 spiro atoms. The molecule has 4 nitrogen and oxygen atoms in total. The fourth-order valence-corrected chi connectivity index (χ4v) is 2.27. The number of aromatic nitrogens is 2. The molecule has 2 N–H and O–H groups in total. The highest BCUT2D eigenvalue weighted by molar-refractivity contribution is 5.46. The molecule has 16 heavy (non-hydrogen) atoms. The van der Waals surface area contributed by atoms with Gasteiger partial charge >= 0.3 is 0 Å². The first-order valence-electron chi connectivity index (χ1n) is 6.19. The summed E-state index contributed by atoms with van der Waals surface area (Å²) >= 11 is 0. The van der Waals surface area contributed by atoms with Crippen LogP contribution >= 0.6 is 0 Å². The highest BCUT2D eigenvalue weighted by Gasteiger charge is 2.18. The minimum atomic E-state index is 0.586. The van der Waals surface area contributed by atoms with E-state index in [-0.39, 0.29) is 0 Å². The highest BCUT2D eigenvalue weighted by Crippen LogP contribution is 2.19. The van der Waals surface area contributed by atoms with E-state index in [0.29, 0.717) is 6.04 Å². The average Bonchev–Trinajstić information content (AvgIpc) is 2.63. The van der Waals surface area contributed by atoms with Gasteiger partial charge in [0.15, 0.2) is 5.82 Å². The Kier molecular flexibility index (Phi) is 3.49. The first-order valence-corrected chi connectivity index (χ1v) is 6.19. The van der Waals surface area contributed by atoms with Crippen LogP contribution in [0.1, 0.15) is 31.0 Å². The summed E-state index contributed by atoms with van der Waals surface area (Å²) in [5, 5.41) is 11.0. The topological polar surface area (TPSA) is 44.0 Å². The molecule has 4 heteroatoms. The first kappa shape index (κ1) is 11.5. The fourth-order valence-electron chi connectivity index (χ4n) is 2.27. The number of aryl methyl sites for hydroxylation is 1. The van der Waals surface area contributed by atoms with Gasteiger partial charge in [0.2, 0.25) is 0 Å². The van der Waals surface area contributed by atoms with E-state index in [9.17, 15) is 0 Å². The number of H-pyrrole nitrogens is 1. The number of likely N-dealkylation sites (tertiary alicyclic amines) is 1. The van der Waals surface area contributed by atoms with Crippen molar-refractivity contribution in [1.82, 2.24) is 15.1 Å². The van der Waals surface area contributed by atoms with Crippen molar-refractivity contribution in [3.63, 3.8) is 0 Å². The van der Waals surface area contributed by atoms with Crippen LogP contribution in [-0.4, -0.2) is 41.3 Å². The highest BCUT2D eigenvalue weighted by atomic mass is 15.2. The van der Waals surface area contributed by atoms with E-state index in [0.717, 1.165) is 12.2 Å². The largest absolute Gasteiger partial charge is 0.366 e. The molecule has 0 aliphatic carbocycles. The second kappa shape index (κ2) is 4.87. The Morgan fingerprint density at radius 3 is 2.69 bits per heavy atom. The van der Waals surface area contributed by atoms with Crippen LogP contribution in [0.5, 0.6) is 0 Å². The Hall–Kier alpha value is -1.03. The van der Waals surface area contributed by atoms with Crippen LogP contribution in [0.4, 0.5) is 5.82 Å². The lowest BCUT2D eigenvalue weighted by molar-refractivity contribution is 0.263. The molecule has 2 rings (SSSR count). The van der Waals surface area contributed by atoms with Crippen LogP contribution < -0.4 is 5.32 Å². The second-order valence-electron chi connectivity index (χ2n) is 4.75. The zero-order valence-electron chi connectivity index (χ0n) is 10.5. The van der Waals surface area contributed by atoms with Gasteiger partial charge < -0.3 is 10.2 Å². The van der Waals surface area contributed by atoms with Gasteiger partial charge in [-0.25, -0.2) is 0 Å². The second-order valence-corrected chi connectivity index (χ2v) is 4.75. The predicted octanol–water partition coefficient (Wildman–Crippen LogP) is 1.79. The third kappa shape index (κ3) is 2.38. The molecule has 90 valence electrons. The molecule has 0 atom stereocenters. The van der Waals surface area contributed by atoms with E-state index in [1.54, 1.807) is 0 Å². The van der Waals surface area contributed by atoms with Crippen LogP contribution in [0, 0.1) is 6.92 Å². The lowest BCUT2D eigenvalue weighted by Gasteiger charge is -2.29. The normalized spacial score (nSPS) is 18.9. The van der Waals surface area contributed by atoms with Crippen LogP contribution in [0.3, 0.4) is 0 Å². The first-order chi connectivity index (χ1) is 7.70. The fraction of sp³-hybridized carbons (Fsp3) is 0.750. The van der Waals surface area contributed by atoms with E-state index >= 15 is 0 Å². The summed E-state index contributed by atoms with van der Waals surface area (Å²) in [5.41, 5.74) is 2.52. The Morgan fingerprint density at radius 1 is 1.44 bits per heavy atom. The van der Waals surface area contributed by atoms with Crippen molar-refractivity contribution in [2.75, 3.05) is 25.5 Å². The molecule has 1 aliphatic rings. The minimum absolute atomic E-state index is 0.586. The van der Waals surface area contributed by atoms with E-state index in [1.807, 2.05) is 0 Å². The van der Waals surface area contributed by atoms with Gasteiger partial charge in [0.25, 0.3) is 0 Å². The van der Waals surface area contributed by atoms with Gasteiger partial charge in [-0.3, -0.25) is 5.10 Å². The number of nitrogens with zero attached hydrogens (tertiary/aromatic N) is 2. The van der Waals surface area contributed by atoms with E-state index in [4.69, 9.17) is 0 Å². The predicted molar refractivity (Wildman–Crippen MR) is 66.8 cm³/mol. The number of hydrogen-bond donors (Lipinski definition) is 2. The average molecular weight is 222 g/mol. The van der Waals surface area contributed by atoms with Gasteiger partial charge in [-0.05, 0) is 46.3 Å². The zero-order valence-corrected chi connectivity index (χ0v) is 10.5. The maximum atomic E-state index is 4.35. The maximum absolute atomic E-state index is 4.35. The molecular weight excluding hydrogens is 200 g/mol. The number of piperidine rings is 1. The van der Waals surface area contributed by atoms with Crippen LogP contribution in [0.15, 0.2) is 0 Å². The lowest BCUT2D eigenvalue weighted by atomic mass is 10.1. The number of nitrogens with one attached hydrogen (secondary N) is 2. The van der Waals surface area contributed by atoms with Gasteiger partial charge in [-0.15, -0.1) is 0 Å². The molecular formula is C12H22N4. The van der Waals surface area contributed by atoms with Gasteiger partial charge in [-0.2, -0.15) is 5.10 Å². The third-order valence-corrected chi connectivity index (χ3v) is 3.52.